The summed E-state index contributed by atoms with van der Waals surface area (Å²) in [5, 5.41) is 9.19. The summed E-state index contributed by atoms with van der Waals surface area (Å²) in [5.74, 6) is -1.12. The van der Waals surface area contributed by atoms with Crippen molar-refractivity contribution in [1.29, 1.82) is 0 Å². The number of halogens is 2. The highest BCUT2D eigenvalue weighted by atomic mass is 35.5. The van der Waals surface area contributed by atoms with Crippen LogP contribution in [0.5, 0.6) is 0 Å². The lowest BCUT2D eigenvalue weighted by molar-refractivity contribution is -0.133. The molecule has 0 amide bonds. The van der Waals surface area contributed by atoms with E-state index in [1.807, 2.05) is 0 Å². The Morgan fingerprint density at radius 2 is 1.69 bits per heavy atom. The minimum atomic E-state index is -0.943. The van der Waals surface area contributed by atoms with Gasteiger partial charge in [-0.15, -0.1) is 11.8 Å². The average molecular weight is 279 g/mol. The first kappa shape index (κ1) is 13.4. The number of benzene rings is 1. The van der Waals surface area contributed by atoms with E-state index in [-0.39, 0.29) is 17.3 Å². The molecule has 1 aromatic rings. The van der Waals surface area contributed by atoms with Crippen molar-refractivity contribution in [3.05, 3.63) is 33.8 Å². The monoisotopic (exact) mass is 278 g/mol. The SMILES string of the molecule is O=C(O)CSCC(=O)c1cc(Cl)cc(Cl)c1. The van der Waals surface area contributed by atoms with E-state index < -0.39 is 5.97 Å². The Bertz CT molecular complexity index is 400. The first-order valence-electron chi connectivity index (χ1n) is 4.28. The van der Waals surface area contributed by atoms with E-state index >= 15 is 0 Å². The third kappa shape index (κ3) is 4.43. The van der Waals surface area contributed by atoms with Gasteiger partial charge in [0.05, 0.1) is 11.5 Å². The van der Waals surface area contributed by atoms with Gasteiger partial charge in [0, 0.05) is 15.6 Å². The van der Waals surface area contributed by atoms with Gasteiger partial charge in [0.25, 0.3) is 0 Å². The largest absolute Gasteiger partial charge is 0.481 e. The lowest BCUT2D eigenvalue weighted by Gasteiger charge is -2.01. The Morgan fingerprint density at radius 3 is 2.19 bits per heavy atom. The number of carboxylic acid groups (broad SMARTS) is 1. The molecular weight excluding hydrogens is 271 g/mol. The van der Waals surface area contributed by atoms with Crippen molar-refractivity contribution in [3.63, 3.8) is 0 Å². The molecule has 0 heterocycles. The van der Waals surface area contributed by atoms with Gasteiger partial charge in [-0.2, -0.15) is 0 Å². The zero-order chi connectivity index (χ0) is 12.1. The molecule has 0 aliphatic carbocycles. The molecule has 0 aliphatic rings. The van der Waals surface area contributed by atoms with Gasteiger partial charge >= 0.3 is 5.97 Å². The molecule has 0 aliphatic heterocycles. The van der Waals surface area contributed by atoms with Crippen molar-refractivity contribution in [2.45, 2.75) is 0 Å². The van der Waals surface area contributed by atoms with Gasteiger partial charge in [0.2, 0.25) is 0 Å². The van der Waals surface area contributed by atoms with Crippen LogP contribution >= 0.6 is 35.0 Å². The molecule has 0 unspecified atom stereocenters. The van der Waals surface area contributed by atoms with E-state index in [4.69, 9.17) is 28.3 Å². The van der Waals surface area contributed by atoms with Crippen LogP contribution < -0.4 is 0 Å². The number of hydrogen-bond acceptors (Lipinski definition) is 3. The number of rotatable bonds is 5. The van der Waals surface area contributed by atoms with E-state index in [1.54, 1.807) is 0 Å². The van der Waals surface area contributed by atoms with Crippen LogP contribution in [0.4, 0.5) is 0 Å². The normalized spacial score (nSPS) is 10.1. The fourth-order valence-electron chi connectivity index (χ4n) is 1.03. The molecule has 0 saturated heterocycles. The van der Waals surface area contributed by atoms with Crippen molar-refractivity contribution in [1.82, 2.24) is 0 Å². The molecular formula is C10H8Cl2O3S. The fourth-order valence-corrected chi connectivity index (χ4v) is 2.18. The molecule has 1 aromatic carbocycles. The highest BCUT2D eigenvalue weighted by molar-refractivity contribution is 8.00. The topological polar surface area (TPSA) is 54.4 Å². The molecule has 0 aromatic heterocycles. The van der Waals surface area contributed by atoms with Gasteiger partial charge in [-0.05, 0) is 18.2 Å². The average Bonchev–Trinajstić information content (AvgIpc) is 2.15. The molecule has 0 fully saturated rings. The highest BCUT2D eigenvalue weighted by Gasteiger charge is 2.09. The smallest absolute Gasteiger partial charge is 0.313 e. The van der Waals surface area contributed by atoms with Crippen LogP contribution in [-0.2, 0) is 4.79 Å². The Labute approximate surface area is 107 Å². The highest BCUT2D eigenvalue weighted by Crippen LogP contribution is 2.20. The summed E-state index contributed by atoms with van der Waals surface area (Å²) in [6, 6.07) is 4.55. The molecule has 1 rings (SSSR count). The number of carboxylic acids is 1. The molecule has 1 N–H and O–H groups in total. The quantitative estimate of drug-likeness (QED) is 0.842. The predicted molar refractivity (Wildman–Crippen MR) is 65.8 cm³/mol. The maximum absolute atomic E-state index is 11.6. The van der Waals surface area contributed by atoms with Gasteiger partial charge in [0.1, 0.15) is 0 Å². The van der Waals surface area contributed by atoms with Crippen LogP contribution in [0.3, 0.4) is 0 Å². The third-order valence-corrected chi connectivity index (χ3v) is 3.00. The number of ketones is 1. The Kier molecular flexibility index (Phi) is 5.12. The van der Waals surface area contributed by atoms with E-state index in [9.17, 15) is 9.59 Å². The zero-order valence-electron chi connectivity index (χ0n) is 8.07. The predicted octanol–water partition coefficient (Wildman–Crippen LogP) is 2.99. The van der Waals surface area contributed by atoms with E-state index in [1.165, 1.54) is 18.2 Å². The van der Waals surface area contributed by atoms with Gasteiger partial charge in [-0.25, -0.2) is 0 Å². The van der Waals surface area contributed by atoms with Crippen LogP contribution in [0.1, 0.15) is 10.4 Å². The molecule has 0 atom stereocenters. The molecule has 3 nitrogen and oxygen atoms in total. The maximum atomic E-state index is 11.6. The summed E-state index contributed by atoms with van der Waals surface area (Å²) in [6.07, 6.45) is 0. The second kappa shape index (κ2) is 6.13. The second-order valence-electron chi connectivity index (χ2n) is 2.97. The second-order valence-corrected chi connectivity index (χ2v) is 4.83. The van der Waals surface area contributed by atoms with E-state index in [2.05, 4.69) is 0 Å². The van der Waals surface area contributed by atoms with Crippen LogP contribution in [0.15, 0.2) is 18.2 Å². The molecule has 6 heteroatoms. The Morgan fingerprint density at radius 1 is 1.12 bits per heavy atom. The van der Waals surface area contributed by atoms with Gasteiger partial charge in [-0.1, -0.05) is 23.2 Å². The summed E-state index contributed by atoms with van der Waals surface area (Å²) in [4.78, 5) is 21.9. The number of thioether (sulfide) groups is 1. The lowest BCUT2D eigenvalue weighted by atomic mass is 10.1. The summed E-state index contributed by atoms with van der Waals surface area (Å²) in [7, 11) is 0. The van der Waals surface area contributed by atoms with Crippen LogP contribution in [0.25, 0.3) is 0 Å². The minimum Gasteiger partial charge on any atom is -0.481 e. The Balaban J connectivity index is 2.62. The molecule has 86 valence electrons. The lowest BCUT2D eigenvalue weighted by Crippen LogP contribution is -2.06. The van der Waals surface area contributed by atoms with Crippen LogP contribution in [0, 0.1) is 0 Å². The summed E-state index contributed by atoms with van der Waals surface area (Å²) in [6.45, 7) is 0. The first-order valence-corrected chi connectivity index (χ1v) is 6.19. The molecule has 16 heavy (non-hydrogen) atoms. The molecule has 0 saturated carbocycles. The zero-order valence-corrected chi connectivity index (χ0v) is 10.4. The first-order chi connectivity index (χ1) is 7.49. The van der Waals surface area contributed by atoms with Crippen molar-refractivity contribution in [2.24, 2.45) is 0 Å². The molecule has 0 bridgehead atoms. The standard InChI is InChI=1S/C10H8Cl2O3S/c11-7-1-6(2-8(12)3-7)9(13)4-16-5-10(14)15/h1-3H,4-5H2,(H,14,15). The van der Waals surface area contributed by atoms with Crippen molar-refractivity contribution >= 4 is 46.7 Å². The van der Waals surface area contributed by atoms with E-state index in [0.29, 0.717) is 15.6 Å². The summed E-state index contributed by atoms with van der Waals surface area (Å²) in [5.41, 5.74) is 0.399. The number of carbonyl (C=O) groups excluding carboxylic acids is 1. The number of aliphatic carboxylic acids is 1. The third-order valence-electron chi connectivity index (χ3n) is 1.64. The van der Waals surface area contributed by atoms with E-state index in [0.717, 1.165) is 11.8 Å². The summed E-state index contributed by atoms with van der Waals surface area (Å²) < 4.78 is 0. The van der Waals surface area contributed by atoms with Gasteiger partial charge < -0.3 is 5.11 Å². The minimum absolute atomic E-state index is 0.0972. The molecule has 0 radical (unpaired) electrons. The fraction of sp³-hybridized carbons (Fsp3) is 0.200. The Hall–Kier alpha value is -0.710. The number of carbonyl (C=O) groups is 2. The van der Waals surface area contributed by atoms with Gasteiger partial charge in [0.15, 0.2) is 5.78 Å². The van der Waals surface area contributed by atoms with Crippen molar-refractivity contribution in [2.75, 3.05) is 11.5 Å². The molecule has 0 spiro atoms. The van der Waals surface area contributed by atoms with Crippen molar-refractivity contribution < 1.29 is 14.7 Å². The maximum Gasteiger partial charge on any atom is 0.313 e. The van der Waals surface area contributed by atoms with Crippen LogP contribution in [0.2, 0.25) is 10.0 Å². The van der Waals surface area contributed by atoms with Crippen molar-refractivity contribution in [3.8, 4) is 0 Å². The summed E-state index contributed by atoms with van der Waals surface area (Å²) >= 11 is 12.5. The van der Waals surface area contributed by atoms with Crippen LogP contribution in [-0.4, -0.2) is 28.4 Å². The van der Waals surface area contributed by atoms with Gasteiger partial charge in [-0.3, -0.25) is 9.59 Å². The number of Topliss-reactive ketones (excluding diaryl/α,β-unsaturated/α-hetero) is 1. The number of hydrogen-bond donors (Lipinski definition) is 1.